The van der Waals surface area contributed by atoms with Crippen LogP contribution in [0.25, 0.3) is 0 Å². The monoisotopic (exact) mass is 188 g/mol. The number of rotatable bonds is 1. The zero-order chi connectivity index (χ0) is 9.42. The van der Waals surface area contributed by atoms with E-state index in [0.29, 0.717) is 0 Å². The summed E-state index contributed by atoms with van der Waals surface area (Å²) in [5, 5.41) is 17.9. The summed E-state index contributed by atoms with van der Waals surface area (Å²) in [6.45, 7) is -0.351. The molecule has 0 aromatic rings. The van der Waals surface area contributed by atoms with Crippen LogP contribution in [-0.4, -0.2) is 41.3 Å². The number of ether oxygens (including phenoxy) is 3. The molecule has 2 aliphatic rings. The van der Waals surface area contributed by atoms with Crippen molar-refractivity contribution in [3.05, 3.63) is 12.0 Å². The molecule has 2 rings (SSSR count). The van der Waals surface area contributed by atoms with E-state index in [4.69, 9.17) is 19.7 Å². The van der Waals surface area contributed by atoms with Crippen LogP contribution in [-0.2, 0) is 14.2 Å². The summed E-state index contributed by atoms with van der Waals surface area (Å²) in [5.74, 6) is -0.362. The molecule has 0 radical (unpaired) electrons. The lowest BCUT2D eigenvalue weighted by Gasteiger charge is -2.26. The van der Waals surface area contributed by atoms with Crippen molar-refractivity contribution >= 4 is 6.16 Å². The van der Waals surface area contributed by atoms with Crippen LogP contribution in [0.2, 0.25) is 0 Å². The second kappa shape index (κ2) is 2.81. The van der Waals surface area contributed by atoms with Gasteiger partial charge in [0.15, 0.2) is 18.3 Å². The summed E-state index contributed by atoms with van der Waals surface area (Å²) in [7, 11) is 0. The Morgan fingerprint density at radius 3 is 2.85 bits per heavy atom. The van der Waals surface area contributed by atoms with Crippen molar-refractivity contribution in [3.8, 4) is 0 Å². The Balaban J connectivity index is 2.20. The van der Waals surface area contributed by atoms with Crippen molar-refractivity contribution < 1.29 is 29.2 Å². The van der Waals surface area contributed by atoms with Crippen LogP contribution in [0.15, 0.2) is 12.0 Å². The van der Waals surface area contributed by atoms with E-state index >= 15 is 0 Å². The predicted molar refractivity (Wildman–Crippen MR) is 37.8 cm³/mol. The normalized spacial score (nSPS) is 36.8. The van der Waals surface area contributed by atoms with Crippen LogP contribution in [0.4, 0.5) is 4.79 Å². The second-order valence-electron chi connectivity index (χ2n) is 2.76. The maximum absolute atomic E-state index is 10.7. The molecule has 2 heterocycles. The Bertz CT molecular complexity index is 260. The molecule has 0 amide bonds. The van der Waals surface area contributed by atoms with Gasteiger partial charge in [-0.1, -0.05) is 0 Å². The first-order valence-corrected chi connectivity index (χ1v) is 3.76. The third-order valence-corrected chi connectivity index (χ3v) is 1.91. The van der Waals surface area contributed by atoms with Gasteiger partial charge in [-0.2, -0.15) is 0 Å². The highest BCUT2D eigenvalue weighted by molar-refractivity contribution is 5.63. The van der Waals surface area contributed by atoms with Gasteiger partial charge in [0, 0.05) is 6.08 Å². The average molecular weight is 188 g/mol. The minimum absolute atomic E-state index is 0.351. The number of fused-ring (bicyclic) bond motifs is 1. The average Bonchev–Trinajstić information content (AvgIpc) is 2.43. The maximum Gasteiger partial charge on any atom is 0.509 e. The van der Waals surface area contributed by atoms with Crippen LogP contribution in [0.3, 0.4) is 0 Å². The van der Waals surface area contributed by atoms with Crippen molar-refractivity contribution in [2.45, 2.75) is 18.3 Å². The molecule has 0 spiro atoms. The van der Waals surface area contributed by atoms with Gasteiger partial charge in [0.2, 0.25) is 0 Å². The molecule has 1 fully saturated rings. The van der Waals surface area contributed by atoms with Gasteiger partial charge in [0.05, 0.1) is 6.61 Å². The molecule has 0 bridgehead atoms. The molecular formula is C7H8O6. The lowest BCUT2D eigenvalue weighted by atomic mass is 10.1. The van der Waals surface area contributed by atoms with Crippen molar-refractivity contribution in [1.82, 2.24) is 0 Å². The third-order valence-electron chi connectivity index (χ3n) is 1.91. The number of carbonyl (C=O) groups is 1. The van der Waals surface area contributed by atoms with Gasteiger partial charge in [0.25, 0.3) is 5.95 Å². The maximum atomic E-state index is 10.7. The van der Waals surface area contributed by atoms with Crippen molar-refractivity contribution in [2.24, 2.45) is 0 Å². The van der Waals surface area contributed by atoms with E-state index in [2.05, 4.69) is 4.74 Å². The fourth-order valence-electron chi connectivity index (χ4n) is 1.34. The van der Waals surface area contributed by atoms with E-state index < -0.39 is 24.5 Å². The Morgan fingerprint density at radius 2 is 2.15 bits per heavy atom. The highest BCUT2D eigenvalue weighted by atomic mass is 16.8. The summed E-state index contributed by atoms with van der Waals surface area (Å²) in [6, 6.07) is 0. The van der Waals surface area contributed by atoms with E-state index in [1.807, 2.05) is 0 Å². The molecule has 2 N–H and O–H groups in total. The molecule has 6 nitrogen and oxygen atoms in total. The summed E-state index contributed by atoms with van der Waals surface area (Å²) >= 11 is 0. The van der Waals surface area contributed by atoms with Gasteiger partial charge in [-0.05, 0) is 0 Å². The number of carbonyl (C=O) groups excluding carboxylic acids is 1. The number of aliphatic hydroxyl groups excluding tert-OH is 2. The van der Waals surface area contributed by atoms with Gasteiger partial charge < -0.3 is 24.4 Å². The van der Waals surface area contributed by atoms with Crippen molar-refractivity contribution in [2.75, 3.05) is 6.61 Å². The highest BCUT2D eigenvalue weighted by Crippen LogP contribution is 2.26. The number of aliphatic hydroxyl groups is 2. The summed E-state index contributed by atoms with van der Waals surface area (Å²) < 4.78 is 14.2. The molecule has 0 aromatic heterocycles. The zero-order valence-electron chi connectivity index (χ0n) is 6.54. The SMILES string of the molecule is O=C1OC2C=C(O)OC(CO)[C@@H]2O1. The Kier molecular flexibility index (Phi) is 1.77. The zero-order valence-corrected chi connectivity index (χ0v) is 6.54. The van der Waals surface area contributed by atoms with E-state index in [0.717, 1.165) is 0 Å². The first-order valence-electron chi connectivity index (χ1n) is 3.76. The van der Waals surface area contributed by atoms with Crippen LogP contribution < -0.4 is 0 Å². The standard InChI is InChI=1S/C7H8O6/c8-2-4-6-3(1-5(9)11-4)12-7(10)13-6/h1,3-4,6,8-9H,2H2/t3?,4?,6-/m1/s1. The van der Waals surface area contributed by atoms with Gasteiger partial charge in [-0.3, -0.25) is 0 Å². The molecule has 6 heteroatoms. The van der Waals surface area contributed by atoms with Crippen LogP contribution in [0.5, 0.6) is 0 Å². The van der Waals surface area contributed by atoms with Crippen LogP contribution in [0.1, 0.15) is 0 Å². The molecule has 72 valence electrons. The molecule has 13 heavy (non-hydrogen) atoms. The Morgan fingerprint density at radius 1 is 1.38 bits per heavy atom. The van der Waals surface area contributed by atoms with Gasteiger partial charge in [-0.25, -0.2) is 4.79 Å². The van der Waals surface area contributed by atoms with Crippen molar-refractivity contribution in [3.63, 3.8) is 0 Å². The van der Waals surface area contributed by atoms with E-state index in [1.165, 1.54) is 6.08 Å². The smallest absolute Gasteiger partial charge is 0.481 e. The Labute approximate surface area is 73.3 Å². The third kappa shape index (κ3) is 1.29. The molecule has 0 aliphatic carbocycles. The topological polar surface area (TPSA) is 85.2 Å². The van der Waals surface area contributed by atoms with E-state index in [1.54, 1.807) is 0 Å². The Hall–Kier alpha value is -1.43. The van der Waals surface area contributed by atoms with E-state index in [9.17, 15) is 4.79 Å². The van der Waals surface area contributed by atoms with Gasteiger partial charge in [-0.15, -0.1) is 0 Å². The largest absolute Gasteiger partial charge is 0.509 e. The minimum atomic E-state index is -0.817. The first kappa shape index (κ1) is 8.18. The second-order valence-corrected chi connectivity index (χ2v) is 2.76. The fraction of sp³-hybridized carbons (Fsp3) is 0.571. The minimum Gasteiger partial charge on any atom is -0.481 e. The molecule has 2 aliphatic heterocycles. The number of hydrogen-bond acceptors (Lipinski definition) is 6. The molecule has 2 unspecified atom stereocenters. The number of hydrogen-bond donors (Lipinski definition) is 2. The summed E-state index contributed by atoms with van der Waals surface area (Å²) in [5.41, 5.74) is 0. The molecular weight excluding hydrogens is 180 g/mol. The van der Waals surface area contributed by atoms with Gasteiger partial charge in [0.1, 0.15) is 0 Å². The van der Waals surface area contributed by atoms with Gasteiger partial charge >= 0.3 is 6.16 Å². The molecule has 0 saturated carbocycles. The van der Waals surface area contributed by atoms with Crippen molar-refractivity contribution in [1.29, 1.82) is 0 Å². The first-order chi connectivity index (χ1) is 6.20. The lowest BCUT2D eigenvalue weighted by Crippen LogP contribution is -2.41. The summed E-state index contributed by atoms with van der Waals surface area (Å²) in [4.78, 5) is 10.7. The highest BCUT2D eigenvalue weighted by Gasteiger charge is 2.45. The summed E-state index contributed by atoms with van der Waals surface area (Å²) in [6.07, 6.45) is -1.70. The lowest BCUT2D eigenvalue weighted by molar-refractivity contribution is -0.0795. The fourth-order valence-corrected chi connectivity index (χ4v) is 1.34. The van der Waals surface area contributed by atoms with Crippen LogP contribution in [0, 0.1) is 0 Å². The quantitative estimate of drug-likeness (QED) is 0.548. The molecule has 3 atom stereocenters. The molecule has 0 aromatic carbocycles. The van der Waals surface area contributed by atoms with Crippen LogP contribution >= 0.6 is 0 Å². The predicted octanol–water partition coefficient (Wildman–Crippen LogP) is -0.319. The molecule has 1 saturated heterocycles. The van der Waals surface area contributed by atoms with E-state index in [-0.39, 0.29) is 12.6 Å².